The van der Waals surface area contributed by atoms with Gasteiger partial charge in [0.1, 0.15) is 11.7 Å². The highest BCUT2D eigenvalue weighted by molar-refractivity contribution is 7.99. The number of hydrogen-bond acceptors (Lipinski definition) is 4. The quantitative estimate of drug-likeness (QED) is 0.922. The number of amides is 1. The number of aromatic nitrogens is 1. The molecule has 114 valence electrons. The van der Waals surface area contributed by atoms with Crippen LogP contribution in [-0.4, -0.2) is 28.5 Å². The van der Waals surface area contributed by atoms with Crippen LogP contribution in [0.15, 0.2) is 48.7 Å². The molecule has 0 aliphatic carbocycles. The van der Waals surface area contributed by atoms with Crippen molar-refractivity contribution in [2.24, 2.45) is 0 Å². The topological polar surface area (TPSA) is 51.2 Å². The van der Waals surface area contributed by atoms with Crippen LogP contribution in [0.1, 0.15) is 22.3 Å². The molecule has 2 heterocycles. The molecule has 0 saturated carbocycles. The number of ether oxygens (including phenoxy) is 1. The molecular formula is C17H18N2O2S. The Morgan fingerprint density at radius 2 is 2.14 bits per heavy atom. The SMILES string of the molecule is O=C(NCc1ccccc1)c1cccnc1OC1CCSC1. The molecule has 0 bridgehead atoms. The Hall–Kier alpha value is -2.01. The van der Waals surface area contributed by atoms with Gasteiger partial charge in [0.05, 0.1) is 0 Å². The van der Waals surface area contributed by atoms with Crippen LogP contribution in [0.3, 0.4) is 0 Å². The van der Waals surface area contributed by atoms with Crippen molar-refractivity contribution < 1.29 is 9.53 Å². The molecule has 1 aromatic heterocycles. The molecule has 1 amide bonds. The lowest BCUT2D eigenvalue weighted by Gasteiger charge is -2.14. The third-order valence-electron chi connectivity index (χ3n) is 3.48. The molecule has 22 heavy (non-hydrogen) atoms. The average molecular weight is 314 g/mol. The molecule has 1 aromatic carbocycles. The summed E-state index contributed by atoms with van der Waals surface area (Å²) in [6.45, 7) is 0.493. The Morgan fingerprint density at radius 1 is 1.27 bits per heavy atom. The summed E-state index contributed by atoms with van der Waals surface area (Å²) < 4.78 is 5.89. The molecule has 1 atom stereocenters. The number of hydrogen-bond donors (Lipinski definition) is 1. The van der Waals surface area contributed by atoms with Crippen molar-refractivity contribution >= 4 is 17.7 Å². The number of pyridine rings is 1. The third kappa shape index (κ3) is 3.80. The summed E-state index contributed by atoms with van der Waals surface area (Å²) >= 11 is 1.87. The summed E-state index contributed by atoms with van der Waals surface area (Å²) in [7, 11) is 0. The van der Waals surface area contributed by atoms with E-state index in [1.165, 1.54) is 0 Å². The van der Waals surface area contributed by atoms with Crippen LogP contribution in [0.5, 0.6) is 5.88 Å². The Labute approximate surface area is 134 Å². The molecule has 3 rings (SSSR count). The Morgan fingerprint density at radius 3 is 2.91 bits per heavy atom. The predicted molar refractivity (Wildman–Crippen MR) is 88.2 cm³/mol. The highest BCUT2D eigenvalue weighted by Crippen LogP contribution is 2.24. The molecule has 1 aliphatic heterocycles. The standard InChI is InChI=1S/C17H18N2O2S/c20-16(19-11-13-5-2-1-3-6-13)15-7-4-9-18-17(15)21-14-8-10-22-12-14/h1-7,9,14H,8,10-12H2,(H,19,20). The van der Waals surface area contributed by atoms with Crippen LogP contribution < -0.4 is 10.1 Å². The summed E-state index contributed by atoms with van der Waals surface area (Å²) in [5.74, 6) is 2.34. The van der Waals surface area contributed by atoms with Crippen molar-refractivity contribution in [1.82, 2.24) is 10.3 Å². The summed E-state index contributed by atoms with van der Waals surface area (Å²) in [5.41, 5.74) is 1.56. The van der Waals surface area contributed by atoms with Crippen LogP contribution in [0.2, 0.25) is 0 Å². The molecule has 0 spiro atoms. The van der Waals surface area contributed by atoms with E-state index in [0.29, 0.717) is 18.0 Å². The minimum atomic E-state index is -0.155. The van der Waals surface area contributed by atoms with E-state index in [-0.39, 0.29) is 12.0 Å². The van der Waals surface area contributed by atoms with Gasteiger partial charge < -0.3 is 10.1 Å². The smallest absolute Gasteiger partial charge is 0.257 e. The lowest BCUT2D eigenvalue weighted by Crippen LogP contribution is -2.25. The molecule has 1 unspecified atom stereocenters. The number of nitrogens with zero attached hydrogens (tertiary/aromatic N) is 1. The molecule has 1 fully saturated rings. The van der Waals surface area contributed by atoms with Crippen molar-refractivity contribution in [2.75, 3.05) is 11.5 Å². The molecule has 2 aromatic rings. The normalized spacial score (nSPS) is 17.2. The van der Waals surface area contributed by atoms with Gasteiger partial charge in [-0.2, -0.15) is 11.8 Å². The summed E-state index contributed by atoms with van der Waals surface area (Å²) in [6.07, 6.45) is 2.82. The maximum absolute atomic E-state index is 12.4. The van der Waals surface area contributed by atoms with E-state index in [1.54, 1.807) is 18.3 Å². The van der Waals surface area contributed by atoms with Gasteiger partial charge in [-0.05, 0) is 29.9 Å². The second-order valence-electron chi connectivity index (χ2n) is 5.13. The van der Waals surface area contributed by atoms with Crippen LogP contribution in [0.25, 0.3) is 0 Å². The molecule has 0 radical (unpaired) electrons. The van der Waals surface area contributed by atoms with Crippen LogP contribution >= 0.6 is 11.8 Å². The van der Waals surface area contributed by atoms with Gasteiger partial charge >= 0.3 is 0 Å². The maximum Gasteiger partial charge on any atom is 0.257 e. The highest BCUT2D eigenvalue weighted by Gasteiger charge is 2.21. The summed E-state index contributed by atoms with van der Waals surface area (Å²) in [5, 5.41) is 2.92. The monoisotopic (exact) mass is 314 g/mol. The minimum Gasteiger partial charge on any atom is -0.473 e. The van der Waals surface area contributed by atoms with E-state index in [2.05, 4.69) is 10.3 Å². The number of carbonyl (C=O) groups is 1. The highest BCUT2D eigenvalue weighted by atomic mass is 32.2. The summed E-state index contributed by atoms with van der Waals surface area (Å²) in [4.78, 5) is 16.6. The van der Waals surface area contributed by atoms with Gasteiger partial charge in [0.15, 0.2) is 0 Å². The third-order valence-corrected chi connectivity index (χ3v) is 4.61. The number of benzene rings is 1. The largest absolute Gasteiger partial charge is 0.473 e. The van der Waals surface area contributed by atoms with Crippen LogP contribution in [-0.2, 0) is 6.54 Å². The van der Waals surface area contributed by atoms with Gasteiger partial charge in [0.2, 0.25) is 5.88 Å². The average Bonchev–Trinajstić information content (AvgIpc) is 3.07. The number of rotatable bonds is 5. The number of thioether (sulfide) groups is 1. The lowest BCUT2D eigenvalue weighted by molar-refractivity contribution is 0.0943. The zero-order valence-corrected chi connectivity index (χ0v) is 13.0. The fourth-order valence-electron chi connectivity index (χ4n) is 2.29. The van der Waals surface area contributed by atoms with E-state index in [4.69, 9.17) is 4.74 Å². The van der Waals surface area contributed by atoms with Gasteiger partial charge in [0.25, 0.3) is 5.91 Å². The van der Waals surface area contributed by atoms with Crippen molar-refractivity contribution in [2.45, 2.75) is 19.1 Å². The predicted octanol–water partition coefficient (Wildman–Crippen LogP) is 2.90. The van der Waals surface area contributed by atoms with E-state index in [0.717, 1.165) is 23.5 Å². The van der Waals surface area contributed by atoms with Crippen molar-refractivity contribution in [3.8, 4) is 5.88 Å². The first-order chi connectivity index (χ1) is 10.8. The van der Waals surface area contributed by atoms with Crippen LogP contribution in [0, 0.1) is 0 Å². The first kappa shape index (κ1) is 14.9. The van der Waals surface area contributed by atoms with Gasteiger partial charge in [-0.15, -0.1) is 0 Å². The van der Waals surface area contributed by atoms with E-state index in [1.807, 2.05) is 42.1 Å². The zero-order valence-electron chi connectivity index (χ0n) is 12.2. The fraction of sp³-hybridized carbons (Fsp3) is 0.294. The van der Waals surface area contributed by atoms with E-state index < -0.39 is 0 Å². The Bertz CT molecular complexity index is 628. The van der Waals surface area contributed by atoms with Crippen molar-refractivity contribution in [1.29, 1.82) is 0 Å². The fourth-order valence-corrected chi connectivity index (χ4v) is 3.39. The Kier molecular flexibility index (Phi) is 4.96. The van der Waals surface area contributed by atoms with Gasteiger partial charge in [0, 0.05) is 18.5 Å². The van der Waals surface area contributed by atoms with Crippen molar-refractivity contribution in [3.05, 3.63) is 59.8 Å². The number of nitrogens with one attached hydrogen (secondary N) is 1. The molecule has 5 heteroatoms. The molecule has 1 N–H and O–H groups in total. The zero-order chi connectivity index (χ0) is 15.2. The van der Waals surface area contributed by atoms with E-state index >= 15 is 0 Å². The minimum absolute atomic E-state index is 0.153. The molecule has 1 aliphatic rings. The van der Waals surface area contributed by atoms with E-state index in [9.17, 15) is 4.79 Å². The first-order valence-electron chi connectivity index (χ1n) is 7.34. The van der Waals surface area contributed by atoms with Crippen LogP contribution in [0.4, 0.5) is 0 Å². The van der Waals surface area contributed by atoms with Gasteiger partial charge in [-0.1, -0.05) is 30.3 Å². The van der Waals surface area contributed by atoms with Crippen molar-refractivity contribution in [3.63, 3.8) is 0 Å². The molecule has 1 saturated heterocycles. The Balaban J connectivity index is 1.66. The second kappa shape index (κ2) is 7.31. The number of carbonyl (C=O) groups excluding carboxylic acids is 1. The molecule has 4 nitrogen and oxygen atoms in total. The lowest BCUT2D eigenvalue weighted by atomic mass is 10.2. The van der Waals surface area contributed by atoms with Gasteiger partial charge in [-0.3, -0.25) is 4.79 Å². The maximum atomic E-state index is 12.4. The first-order valence-corrected chi connectivity index (χ1v) is 8.50. The second-order valence-corrected chi connectivity index (χ2v) is 6.28. The molecular weight excluding hydrogens is 296 g/mol. The summed E-state index contributed by atoms with van der Waals surface area (Å²) in [6, 6.07) is 13.3. The van der Waals surface area contributed by atoms with Gasteiger partial charge in [-0.25, -0.2) is 4.98 Å².